The highest BCUT2D eigenvalue weighted by molar-refractivity contribution is 6.74. The molecule has 1 aliphatic heterocycles. The maximum atomic E-state index is 11.4. The average molecular weight is 341 g/mol. The molecule has 132 valence electrons. The number of hydrogen-bond donors (Lipinski definition) is 0. The summed E-state index contributed by atoms with van der Waals surface area (Å²) in [5, 5.41) is 0.193. The number of rotatable bonds is 5. The van der Waals surface area contributed by atoms with Crippen molar-refractivity contribution in [3.8, 4) is 0 Å². The van der Waals surface area contributed by atoms with E-state index in [2.05, 4.69) is 51.6 Å². The fourth-order valence-electron chi connectivity index (χ4n) is 2.23. The number of allylic oxidation sites excluding steroid dienone is 1. The van der Waals surface area contributed by atoms with Gasteiger partial charge in [-0.15, -0.1) is 0 Å². The molecule has 0 spiro atoms. The minimum Gasteiger partial charge on any atom is -0.489 e. The summed E-state index contributed by atoms with van der Waals surface area (Å²) in [6, 6.07) is 0. The van der Waals surface area contributed by atoms with Crippen molar-refractivity contribution in [3.63, 3.8) is 0 Å². The van der Waals surface area contributed by atoms with Gasteiger partial charge in [0.2, 0.25) is 0 Å². The second-order valence-electron chi connectivity index (χ2n) is 7.68. The Morgan fingerprint density at radius 2 is 2.00 bits per heavy atom. The Morgan fingerprint density at radius 3 is 2.48 bits per heavy atom. The van der Waals surface area contributed by atoms with E-state index >= 15 is 0 Å². The monoisotopic (exact) mass is 340 g/mol. The molecule has 0 unspecified atom stereocenters. The van der Waals surface area contributed by atoms with Crippen LogP contribution in [0.2, 0.25) is 18.1 Å². The second kappa shape index (κ2) is 7.66. The van der Waals surface area contributed by atoms with Gasteiger partial charge in [-0.25, -0.2) is 4.79 Å². The van der Waals surface area contributed by atoms with Crippen molar-refractivity contribution in [1.82, 2.24) is 0 Å². The van der Waals surface area contributed by atoms with Gasteiger partial charge in [-0.2, -0.15) is 0 Å². The Balaban J connectivity index is 2.88. The molecule has 0 saturated carbocycles. The molecular weight excluding hydrogens is 308 g/mol. The lowest BCUT2D eigenvalue weighted by Crippen LogP contribution is -2.43. The minimum atomic E-state index is -1.78. The van der Waals surface area contributed by atoms with E-state index < -0.39 is 14.3 Å². The fourth-order valence-corrected chi connectivity index (χ4v) is 3.27. The molecule has 0 N–H and O–H groups in total. The summed E-state index contributed by atoms with van der Waals surface area (Å²) in [6.07, 6.45) is 4.48. The molecule has 0 radical (unpaired) electrons. The minimum absolute atomic E-state index is 0.0272. The van der Waals surface area contributed by atoms with Crippen molar-refractivity contribution >= 4 is 14.3 Å². The average Bonchev–Trinajstić information content (AvgIpc) is 2.45. The van der Waals surface area contributed by atoms with Crippen LogP contribution < -0.4 is 0 Å². The number of esters is 1. The summed E-state index contributed by atoms with van der Waals surface area (Å²) >= 11 is 0. The molecular formula is C18H32O4Si. The predicted molar refractivity (Wildman–Crippen MR) is 95.7 cm³/mol. The van der Waals surface area contributed by atoms with Crippen LogP contribution in [-0.4, -0.2) is 34.1 Å². The predicted octanol–water partition coefficient (Wildman–Crippen LogP) is 4.44. The standard InChI is InChI=1S/C18H32O4Si/c1-9-15-14(12-21-23(7,8)18(3,4)5)10-13(2)16(22-15)11-17(19)20-6/h10-11,14-15H,9,12H2,1-8H3/b16-11-/t14-,15-/m1/s1. The van der Waals surface area contributed by atoms with Gasteiger partial charge in [-0.1, -0.05) is 33.8 Å². The molecule has 0 aromatic heterocycles. The highest BCUT2D eigenvalue weighted by Gasteiger charge is 2.38. The van der Waals surface area contributed by atoms with Crippen LogP contribution in [0, 0.1) is 5.92 Å². The van der Waals surface area contributed by atoms with E-state index in [-0.39, 0.29) is 17.1 Å². The lowest BCUT2D eigenvalue weighted by Gasteiger charge is -2.39. The van der Waals surface area contributed by atoms with Crippen LogP contribution >= 0.6 is 0 Å². The van der Waals surface area contributed by atoms with Crippen LogP contribution in [-0.2, 0) is 18.7 Å². The van der Waals surface area contributed by atoms with Crippen LogP contribution in [0.25, 0.3) is 0 Å². The van der Waals surface area contributed by atoms with E-state index in [0.717, 1.165) is 12.0 Å². The van der Waals surface area contributed by atoms with Crippen molar-refractivity contribution < 1.29 is 18.7 Å². The number of hydrogen-bond acceptors (Lipinski definition) is 4. The maximum absolute atomic E-state index is 11.4. The molecule has 1 rings (SSSR count). The van der Waals surface area contributed by atoms with Crippen LogP contribution in [0.4, 0.5) is 0 Å². The zero-order valence-electron chi connectivity index (χ0n) is 15.9. The van der Waals surface area contributed by atoms with Gasteiger partial charge < -0.3 is 13.9 Å². The SMILES string of the molecule is CC[C@H]1O/C(=C\C(=O)OC)C(C)=C[C@@H]1CO[Si](C)(C)C(C)(C)C. The summed E-state index contributed by atoms with van der Waals surface area (Å²) in [5.41, 5.74) is 0.962. The van der Waals surface area contributed by atoms with Crippen molar-refractivity contribution in [3.05, 3.63) is 23.5 Å². The fraction of sp³-hybridized carbons (Fsp3) is 0.722. The molecule has 0 amide bonds. The lowest BCUT2D eigenvalue weighted by molar-refractivity contribution is -0.135. The van der Waals surface area contributed by atoms with Gasteiger partial charge in [0.1, 0.15) is 11.9 Å². The Kier molecular flexibility index (Phi) is 6.66. The van der Waals surface area contributed by atoms with Crippen LogP contribution in [0.1, 0.15) is 41.0 Å². The van der Waals surface area contributed by atoms with Crippen molar-refractivity contribution in [2.75, 3.05) is 13.7 Å². The van der Waals surface area contributed by atoms with Gasteiger partial charge in [0.05, 0.1) is 13.2 Å². The molecule has 0 fully saturated rings. The van der Waals surface area contributed by atoms with Crippen LogP contribution in [0.15, 0.2) is 23.5 Å². The summed E-state index contributed by atoms with van der Waals surface area (Å²) in [4.78, 5) is 11.4. The largest absolute Gasteiger partial charge is 0.489 e. The zero-order chi connectivity index (χ0) is 17.8. The molecule has 1 aliphatic rings. The third kappa shape index (κ3) is 5.21. The highest BCUT2D eigenvalue weighted by atomic mass is 28.4. The second-order valence-corrected chi connectivity index (χ2v) is 12.5. The number of ether oxygens (including phenoxy) is 2. The van der Waals surface area contributed by atoms with E-state index in [4.69, 9.17) is 9.16 Å². The summed E-state index contributed by atoms with van der Waals surface area (Å²) in [7, 11) is -0.406. The molecule has 0 saturated heterocycles. The Bertz CT molecular complexity index is 486. The number of carbonyl (C=O) groups excluding carboxylic acids is 1. The molecule has 4 nitrogen and oxygen atoms in total. The van der Waals surface area contributed by atoms with Crippen molar-refractivity contribution in [2.24, 2.45) is 5.92 Å². The van der Waals surface area contributed by atoms with Gasteiger partial charge in [-0.3, -0.25) is 0 Å². The van der Waals surface area contributed by atoms with E-state index in [0.29, 0.717) is 12.4 Å². The highest BCUT2D eigenvalue weighted by Crippen LogP contribution is 2.38. The first-order valence-corrected chi connectivity index (χ1v) is 11.2. The first kappa shape index (κ1) is 20.0. The molecule has 23 heavy (non-hydrogen) atoms. The normalized spacial score (nSPS) is 24.2. The van der Waals surface area contributed by atoms with E-state index in [1.54, 1.807) is 0 Å². The summed E-state index contributed by atoms with van der Waals surface area (Å²) in [5.74, 6) is 0.426. The van der Waals surface area contributed by atoms with E-state index in [1.807, 2.05) is 6.92 Å². The third-order valence-electron chi connectivity index (χ3n) is 4.90. The zero-order valence-corrected chi connectivity index (χ0v) is 16.9. The van der Waals surface area contributed by atoms with Crippen molar-refractivity contribution in [2.45, 2.75) is 65.3 Å². The number of carbonyl (C=O) groups is 1. The molecule has 0 aromatic carbocycles. The molecule has 0 aliphatic carbocycles. The van der Waals surface area contributed by atoms with Crippen molar-refractivity contribution in [1.29, 1.82) is 0 Å². The van der Waals surface area contributed by atoms with Crippen LogP contribution in [0.3, 0.4) is 0 Å². The Morgan fingerprint density at radius 1 is 1.39 bits per heavy atom. The quantitative estimate of drug-likeness (QED) is 0.422. The summed E-state index contributed by atoms with van der Waals surface area (Å²) in [6.45, 7) is 16.0. The Hall–Kier alpha value is -1.07. The molecule has 0 aromatic rings. The van der Waals surface area contributed by atoms with Gasteiger partial charge >= 0.3 is 5.97 Å². The Labute approximate surface area is 142 Å². The first-order valence-electron chi connectivity index (χ1n) is 8.31. The lowest BCUT2D eigenvalue weighted by atomic mass is 9.94. The van der Waals surface area contributed by atoms with Gasteiger partial charge in [0.25, 0.3) is 0 Å². The topological polar surface area (TPSA) is 44.8 Å². The summed E-state index contributed by atoms with van der Waals surface area (Å²) < 4.78 is 17.1. The van der Waals surface area contributed by atoms with Gasteiger partial charge in [-0.05, 0) is 37.0 Å². The third-order valence-corrected chi connectivity index (χ3v) is 9.40. The van der Waals surface area contributed by atoms with E-state index in [1.165, 1.54) is 13.2 Å². The van der Waals surface area contributed by atoms with Crippen LogP contribution in [0.5, 0.6) is 0 Å². The van der Waals surface area contributed by atoms with E-state index in [9.17, 15) is 4.79 Å². The maximum Gasteiger partial charge on any atom is 0.334 e. The molecule has 1 heterocycles. The van der Waals surface area contributed by atoms with Gasteiger partial charge in [0.15, 0.2) is 8.32 Å². The molecule has 0 bridgehead atoms. The number of methoxy groups -OCH3 is 1. The smallest absolute Gasteiger partial charge is 0.334 e. The van der Waals surface area contributed by atoms with Gasteiger partial charge in [0, 0.05) is 12.5 Å². The molecule has 5 heteroatoms. The first-order chi connectivity index (χ1) is 10.5. The molecule has 2 atom stereocenters.